The Hall–Kier alpha value is -1.94. The minimum Gasteiger partial charge on any atom is -0.199 e. The fourth-order valence-corrected chi connectivity index (χ4v) is 2.83. The third-order valence-electron chi connectivity index (χ3n) is 3.44. The van der Waals surface area contributed by atoms with Crippen molar-refractivity contribution in [3.8, 4) is 0 Å². The molecule has 0 saturated heterocycles. The van der Waals surface area contributed by atoms with Gasteiger partial charge in [-0.2, -0.15) is 12.8 Å². The van der Waals surface area contributed by atoms with Crippen LogP contribution < -0.4 is 0 Å². The molecule has 0 saturated carbocycles. The van der Waals surface area contributed by atoms with E-state index in [-0.39, 0.29) is 10.3 Å². The molecule has 0 fully saturated rings. The molecule has 0 aliphatic heterocycles. The van der Waals surface area contributed by atoms with E-state index in [9.17, 15) is 8.42 Å². The van der Waals surface area contributed by atoms with E-state index >= 15 is 0 Å². The Morgan fingerprint density at radius 1 is 0.909 bits per heavy atom. The van der Waals surface area contributed by atoms with Crippen molar-refractivity contribution in [1.82, 2.24) is 0 Å². The highest BCUT2D eigenvalue weighted by atomic mass is 32.2. The fourth-order valence-electron chi connectivity index (χ4n) is 1.97. The maximum atomic E-state index is 12.1. The first kappa shape index (κ1) is 16.4. The van der Waals surface area contributed by atoms with Crippen LogP contribution in [0.4, 0.5) is 0 Å². The molecule has 116 valence electrons. The number of sulfonamides is 1. The van der Waals surface area contributed by atoms with Crippen LogP contribution in [0, 0.1) is 6.92 Å². The Morgan fingerprint density at radius 2 is 1.45 bits per heavy atom. The molecule has 0 bridgehead atoms. The van der Waals surface area contributed by atoms with Crippen LogP contribution in [0.15, 0.2) is 57.8 Å². The van der Waals surface area contributed by atoms with E-state index in [1.165, 1.54) is 11.8 Å². The van der Waals surface area contributed by atoms with Gasteiger partial charge in [0.15, 0.2) is 0 Å². The van der Waals surface area contributed by atoms with E-state index in [0.29, 0.717) is 0 Å². The summed E-state index contributed by atoms with van der Waals surface area (Å²) in [6.07, 6.45) is 1.39. The van der Waals surface area contributed by atoms with Crippen molar-refractivity contribution < 1.29 is 8.42 Å². The molecule has 0 aliphatic carbocycles. The van der Waals surface area contributed by atoms with Gasteiger partial charge in [-0.05, 0) is 35.6 Å². The molecule has 2 aromatic carbocycles. The summed E-state index contributed by atoms with van der Waals surface area (Å²) in [5, 5.41) is 0. The van der Waals surface area contributed by atoms with Gasteiger partial charge < -0.3 is 0 Å². The van der Waals surface area contributed by atoms with Crippen molar-refractivity contribution in [3.63, 3.8) is 0 Å². The molecular weight excluding hydrogens is 294 g/mol. The quantitative estimate of drug-likeness (QED) is 0.801. The van der Waals surface area contributed by atoms with Gasteiger partial charge in [0.2, 0.25) is 0 Å². The fraction of sp³-hybridized carbons (Fsp3) is 0.278. The lowest BCUT2D eigenvalue weighted by atomic mass is 9.87. The summed E-state index contributed by atoms with van der Waals surface area (Å²) >= 11 is 0. The summed E-state index contributed by atoms with van der Waals surface area (Å²) in [5.41, 5.74) is 3.05. The van der Waals surface area contributed by atoms with Crippen LogP contribution in [0.3, 0.4) is 0 Å². The highest BCUT2D eigenvalue weighted by Gasteiger charge is 2.13. The molecule has 0 aliphatic rings. The normalized spacial score (nSPS) is 12.7. The van der Waals surface area contributed by atoms with Crippen LogP contribution in [0.2, 0.25) is 0 Å². The van der Waals surface area contributed by atoms with Crippen molar-refractivity contribution in [2.45, 2.75) is 38.0 Å². The van der Waals surface area contributed by atoms with Crippen LogP contribution in [0.25, 0.3) is 0 Å². The second-order valence-electron chi connectivity index (χ2n) is 6.39. The number of aryl methyl sites for hydroxylation is 1. The SMILES string of the molecule is Cc1ccc(S(=O)(=O)/N=C\c2ccc(C(C)(C)C)cc2)cc1. The molecule has 0 atom stereocenters. The molecule has 4 heteroatoms. The number of rotatable bonds is 3. The zero-order chi connectivity index (χ0) is 16.4. The van der Waals surface area contributed by atoms with Crippen molar-refractivity contribution in [2.24, 2.45) is 4.40 Å². The summed E-state index contributed by atoms with van der Waals surface area (Å²) in [4.78, 5) is 0.209. The van der Waals surface area contributed by atoms with Crippen molar-refractivity contribution in [1.29, 1.82) is 0 Å². The van der Waals surface area contributed by atoms with E-state index in [4.69, 9.17) is 0 Å². The largest absolute Gasteiger partial charge is 0.282 e. The van der Waals surface area contributed by atoms with E-state index in [1.807, 2.05) is 31.2 Å². The first-order valence-corrected chi connectivity index (χ1v) is 8.60. The highest BCUT2D eigenvalue weighted by Crippen LogP contribution is 2.22. The first-order valence-electron chi connectivity index (χ1n) is 7.16. The first-order chi connectivity index (χ1) is 10.2. The van der Waals surface area contributed by atoms with Crippen molar-refractivity contribution in [2.75, 3.05) is 0 Å². The van der Waals surface area contributed by atoms with Gasteiger partial charge in [0, 0.05) is 6.21 Å². The van der Waals surface area contributed by atoms with Crippen LogP contribution in [0.5, 0.6) is 0 Å². The second-order valence-corrected chi connectivity index (χ2v) is 8.03. The van der Waals surface area contributed by atoms with Gasteiger partial charge in [-0.25, -0.2) is 0 Å². The summed E-state index contributed by atoms with van der Waals surface area (Å²) in [6, 6.07) is 14.4. The minimum atomic E-state index is -3.64. The highest BCUT2D eigenvalue weighted by molar-refractivity contribution is 7.90. The van der Waals surface area contributed by atoms with E-state index in [2.05, 4.69) is 25.2 Å². The molecule has 0 heterocycles. The van der Waals surface area contributed by atoms with Crippen LogP contribution >= 0.6 is 0 Å². The smallest absolute Gasteiger partial charge is 0.199 e. The van der Waals surface area contributed by atoms with Gasteiger partial charge in [-0.3, -0.25) is 0 Å². The molecule has 2 aromatic rings. The van der Waals surface area contributed by atoms with Gasteiger partial charge in [0.25, 0.3) is 10.0 Å². The predicted octanol–water partition coefficient (Wildman–Crippen LogP) is 4.10. The molecule has 0 radical (unpaired) electrons. The summed E-state index contributed by atoms with van der Waals surface area (Å²) < 4.78 is 28.1. The van der Waals surface area contributed by atoms with Crippen LogP contribution in [0.1, 0.15) is 37.5 Å². The monoisotopic (exact) mass is 315 g/mol. The molecular formula is C18H21NO2S. The van der Waals surface area contributed by atoms with Gasteiger partial charge in [-0.1, -0.05) is 62.7 Å². The van der Waals surface area contributed by atoms with Gasteiger partial charge in [0.05, 0.1) is 4.90 Å². The van der Waals surface area contributed by atoms with Crippen LogP contribution in [-0.4, -0.2) is 14.6 Å². The summed E-state index contributed by atoms with van der Waals surface area (Å²) in [7, 11) is -3.64. The molecule has 3 nitrogen and oxygen atoms in total. The summed E-state index contributed by atoms with van der Waals surface area (Å²) in [5.74, 6) is 0. The maximum absolute atomic E-state index is 12.1. The number of benzene rings is 2. The Morgan fingerprint density at radius 3 is 1.95 bits per heavy atom. The lowest BCUT2D eigenvalue weighted by Gasteiger charge is -2.18. The molecule has 2 rings (SSSR count). The lowest BCUT2D eigenvalue weighted by Crippen LogP contribution is -2.10. The topological polar surface area (TPSA) is 46.5 Å². The predicted molar refractivity (Wildman–Crippen MR) is 91.1 cm³/mol. The molecule has 0 amide bonds. The zero-order valence-electron chi connectivity index (χ0n) is 13.4. The van der Waals surface area contributed by atoms with Crippen molar-refractivity contribution >= 4 is 16.2 Å². The summed E-state index contributed by atoms with van der Waals surface area (Å²) in [6.45, 7) is 8.32. The van der Waals surface area contributed by atoms with Crippen molar-refractivity contribution in [3.05, 3.63) is 65.2 Å². The minimum absolute atomic E-state index is 0.0731. The lowest BCUT2D eigenvalue weighted by molar-refractivity contribution is 0.590. The Balaban J connectivity index is 2.22. The third kappa shape index (κ3) is 4.04. The standard InChI is InChI=1S/C18H21NO2S/c1-14-5-11-17(12-6-14)22(20,21)19-13-15-7-9-16(10-8-15)18(2,3)4/h5-13H,1-4H3/b19-13-. The van der Waals surface area contributed by atoms with Gasteiger partial charge >= 0.3 is 0 Å². The van der Waals surface area contributed by atoms with E-state index in [0.717, 1.165) is 11.1 Å². The van der Waals surface area contributed by atoms with Gasteiger partial charge in [-0.15, -0.1) is 0 Å². The molecule has 0 unspecified atom stereocenters. The maximum Gasteiger partial charge on any atom is 0.282 e. The van der Waals surface area contributed by atoms with Gasteiger partial charge in [0.1, 0.15) is 0 Å². The molecule has 22 heavy (non-hydrogen) atoms. The van der Waals surface area contributed by atoms with E-state index < -0.39 is 10.0 Å². The number of hydrogen-bond donors (Lipinski definition) is 0. The average Bonchev–Trinajstić information content (AvgIpc) is 2.45. The number of nitrogens with zero attached hydrogens (tertiary/aromatic N) is 1. The third-order valence-corrected chi connectivity index (χ3v) is 4.69. The Kier molecular flexibility index (Phi) is 4.52. The average molecular weight is 315 g/mol. The number of hydrogen-bond acceptors (Lipinski definition) is 2. The second kappa shape index (κ2) is 6.05. The zero-order valence-corrected chi connectivity index (χ0v) is 14.2. The van der Waals surface area contributed by atoms with Crippen LogP contribution in [-0.2, 0) is 15.4 Å². The van der Waals surface area contributed by atoms with E-state index in [1.54, 1.807) is 24.3 Å². The molecule has 0 aromatic heterocycles. The molecule has 0 N–H and O–H groups in total. The Bertz CT molecular complexity index is 765. The molecule has 0 spiro atoms. The Labute approximate surface area is 132 Å².